The van der Waals surface area contributed by atoms with E-state index in [1.807, 2.05) is 24.5 Å². The summed E-state index contributed by atoms with van der Waals surface area (Å²) in [4.78, 5) is 12.9. The van der Waals surface area contributed by atoms with Crippen LogP contribution in [-0.2, 0) is 6.54 Å². The molecule has 1 aromatic heterocycles. The van der Waals surface area contributed by atoms with Gasteiger partial charge in [0.1, 0.15) is 11.6 Å². The Labute approximate surface area is 162 Å². The van der Waals surface area contributed by atoms with Crippen molar-refractivity contribution in [1.29, 1.82) is 5.26 Å². The zero-order chi connectivity index (χ0) is 20.8. The van der Waals surface area contributed by atoms with Gasteiger partial charge >= 0.3 is 6.61 Å². The third kappa shape index (κ3) is 4.58. The Morgan fingerprint density at radius 1 is 1.29 bits per heavy atom. The number of halogens is 2. The van der Waals surface area contributed by atoms with E-state index in [0.29, 0.717) is 11.1 Å². The number of alkyl halides is 2. The van der Waals surface area contributed by atoms with Crippen LogP contribution in [-0.4, -0.2) is 24.1 Å². The lowest BCUT2D eigenvalue weighted by molar-refractivity contribution is -0.0512. The van der Waals surface area contributed by atoms with E-state index >= 15 is 0 Å². The molecule has 0 spiro atoms. The Hall–Kier alpha value is -3.14. The van der Waals surface area contributed by atoms with Crippen LogP contribution in [0.3, 0.4) is 0 Å². The van der Waals surface area contributed by atoms with Crippen molar-refractivity contribution in [2.45, 2.75) is 40.3 Å². The normalized spacial score (nSPS) is 11.4. The van der Waals surface area contributed by atoms with Gasteiger partial charge in [0.05, 0.1) is 7.11 Å². The predicted octanol–water partition coefficient (Wildman–Crippen LogP) is 4.91. The maximum Gasteiger partial charge on any atom is 0.387 e. The van der Waals surface area contributed by atoms with Crippen LogP contribution in [0.1, 0.15) is 40.7 Å². The van der Waals surface area contributed by atoms with Gasteiger partial charge in [0.25, 0.3) is 0 Å². The summed E-state index contributed by atoms with van der Waals surface area (Å²) in [6, 6.07) is 7.93. The number of allylic oxidation sites excluding steroid dienone is 1. The maximum atomic E-state index is 12.9. The van der Waals surface area contributed by atoms with Crippen molar-refractivity contribution in [1.82, 2.24) is 4.57 Å². The molecular weight excluding hydrogens is 366 g/mol. The number of aryl methyl sites for hydroxylation is 1. The summed E-state index contributed by atoms with van der Waals surface area (Å²) in [7, 11) is 1.32. The fraction of sp³-hybridized carbons (Fsp3) is 0.333. The molecule has 7 heteroatoms. The Morgan fingerprint density at radius 2 is 2.00 bits per heavy atom. The fourth-order valence-corrected chi connectivity index (χ4v) is 3.03. The van der Waals surface area contributed by atoms with E-state index in [2.05, 4.69) is 11.7 Å². The summed E-state index contributed by atoms with van der Waals surface area (Å²) < 4.78 is 36.4. The number of nitrogens with zero attached hydrogens (tertiary/aromatic N) is 2. The molecule has 0 aliphatic rings. The molecule has 0 aliphatic carbocycles. The van der Waals surface area contributed by atoms with E-state index in [-0.39, 0.29) is 22.9 Å². The van der Waals surface area contributed by atoms with Gasteiger partial charge in [-0.05, 0) is 50.1 Å². The molecule has 1 heterocycles. The van der Waals surface area contributed by atoms with Crippen molar-refractivity contribution < 1.29 is 23.0 Å². The Kier molecular flexibility index (Phi) is 6.94. The third-order valence-corrected chi connectivity index (χ3v) is 4.35. The average molecular weight is 388 g/mol. The van der Waals surface area contributed by atoms with Gasteiger partial charge in [-0.25, -0.2) is 0 Å². The number of rotatable bonds is 8. The van der Waals surface area contributed by atoms with Gasteiger partial charge in [0, 0.05) is 23.5 Å². The quantitative estimate of drug-likeness (QED) is 0.366. The lowest BCUT2D eigenvalue weighted by atomic mass is 10.0. The molecule has 0 saturated heterocycles. The number of ether oxygens (including phenoxy) is 2. The molecule has 0 bridgehead atoms. The van der Waals surface area contributed by atoms with E-state index in [4.69, 9.17) is 4.74 Å². The Morgan fingerprint density at radius 3 is 2.57 bits per heavy atom. The fourth-order valence-electron chi connectivity index (χ4n) is 3.03. The number of Topliss-reactive ketones (excluding diaryl/α,β-unsaturated/α-hetero) is 1. The summed E-state index contributed by atoms with van der Waals surface area (Å²) in [6.07, 6.45) is 2.33. The molecule has 5 nitrogen and oxygen atoms in total. The zero-order valence-electron chi connectivity index (χ0n) is 16.3. The first-order chi connectivity index (χ1) is 13.3. The molecule has 2 aromatic rings. The first-order valence-electron chi connectivity index (χ1n) is 8.78. The second kappa shape index (κ2) is 9.18. The molecule has 0 aliphatic heterocycles. The highest BCUT2D eigenvalue weighted by molar-refractivity contribution is 6.14. The number of hydrogen-bond acceptors (Lipinski definition) is 4. The summed E-state index contributed by atoms with van der Waals surface area (Å²) >= 11 is 0. The second-order valence-electron chi connectivity index (χ2n) is 6.22. The van der Waals surface area contributed by atoms with Crippen LogP contribution < -0.4 is 9.47 Å². The SMILES string of the molecule is CCCn1c(C)cc(C(=O)/C(C#N)=C/c2ccc(OC(F)F)c(OC)c2)c1C. The lowest BCUT2D eigenvalue weighted by Gasteiger charge is -2.10. The molecule has 0 unspecified atom stereocenters. The number of carbonyl (C=O) groups excluding carboxylic acids is 1. The van der Waals surface area contributed by atoms with E-state index in [9.17, 15) is 18.8 Å². The smallest absolute Gasteiger partial charge is 0.387 e. The zero-order valence-corrected chi connectivity index (χ0v) is 16.3. The summed E-state index contributed by atoms with van der Waals surface area (Å²) in [6.45, 7) is 3.63. The molecule has 2 rings (SSSR count). The minimum atomic E-state index is -2.98. The monoisotopic (exact) mass is 388 g/mol. The highest BCUT2D eigenvalue weighted by atomic mass is 19.3. The topological polar surface area (TPSA) is 64.2 Å². The Bertz CT molecular complexity index is 940. The number of methoxy groups -OCH3 is 1. The maximum absolute atomic E-state index is 12.9. The van der Waals surface area contributed by atoms with E-state index in [0.717, 1.165) is 24.4 Å². The van der Waals surface area contributed by atoms with Gasteiger partial charge < -0.3 is 14.0 Å². The molecule has 0 atom stereocenters. The molecule has 0 fully saturated rings. The molecule has 0 amide bonds. The van der Waals surface area contributed by atoms with Gasteiger partial charge in [-0.2, -0.15) is 14.0 Å². The molecule has 148 valence electrons. The molecule has 28 heavy (non-hydrogen) atoms. The minimum Gasteiger partial charge on any atom is -0.493 e. The molecule has 0 N–H and O–H groups in total. The van der Waals surface area contributed by atoms with E-state index in [1.54, 1.807) is 6.07 Å². The number of ketones is 1. The van der Waals surface area contributed by atoms with Crippen LogP contribution in [0.15, 0.2) is 29.8 Å². The Balaban J connectivity index is 2.40. The van der Waals surface area contributed by atoms with Crippen LogP contribution in [0.2, 0.25) is 0 Å². The third-order valence-electron chi connectivity index (χ3n) is 4.35. The number of aromatic nitrogens is 1. The number of carbonyl (C=O) groups is 1. The minimum absolute atomic E-state index is 0.0543. The number of nitriles is 1. The summed E-state index contributed by atoms with van der Waals surface area (Å²) in [5.41, 5.74) is 2.65. The highest BCUT2D eigenvalue weighted by Gasteiger charge is 2.19. The van der Waals surface area contributed by atoms with Gasteiger partial charge in [-0.15, -0.1) is 0 Å². The standard InChI is InChI=1S/C21H22F2N2O3/c1-5-8-25-13(2)9-17(14(25)3)20(26)16(12-24)10-15-6-7-18(28-21(22)23)19(11-15)27-4/h6-7,9-11,21H,5,8H2,1-4H3/b16-10+. The average Bonchev–Trinajstić information content (AvgIpc) is 2.94. The summed E-state index contributed by atoms with van der Waals surface area (Å²) in [5, 5.41) is 9.49. The van der Waals surface area contributed by atoms with Crippen molar-refractivity contribution in [2.24, 2.45) is 0 Å². The van der Waals surface area contributed by atoms with Crippen molar-refractivity contribution in [3.05, 3.63) is 52.4 Å². The van der Waals surface area contributed by atoms with Crippen LogP contribution in [0.4, 0.5) is 8.78 Å². The summed E-state index contributed by atoms with van der Waals surface area (Å²) in [5.74, 6) is -0.424. The van der Waals surface area contributed by atoms with Gasteiger partial charge in [0.15, 0.2) is 11.5 Å². The molecule has 1 aromatic carbocycles. The second-order valence-corrected chi connectivity index (χ2v) is 6.22. The van der Waals surface area contributed by atoms with Crippen molar-refractivity contribution in [3.8, 4) is 17.6 Å². The molecule has 0 saturated carbocycles. The largest absolute Gasteiger partial charge is 0.493 e. The van der Waals surface area contributed by atoms with Gasteiger partial charge in [0.2, 0.25) is 5.78 Å². The molecular formula is C21H22F2N2O3. The van der Waals surface area contributed by atoms with Crippen molar-refractivity contribution in [3.63, 3.8) is 0 Å². The number of hydrogen-bond donors (Lipinski definition) is 0. The van der Waals surface area contributed by atoms with Crippen LogP contribution >= 0.6 is 0 Å². The van der Waals surface area contributed by atoms with Crippen molar-refractivity contribution >= 4 is 11.9 Å². The van der Waals surface area contributed by atoms with Crippen molar-refractivity contribution in [2.75, 3.05) is 7.11 Å². The van der Waals surface area contributed by atoms with Crippen LogP contribution in [0, 0.1) is 25.2 Å². The van der Waals surface area contributed by atoms with Gasteiger partial charge in [-0.1, -0.05) is 13.0 Å². The van der Waals surface area contributed by atoms with Crippen LogP contribution in [0.25, 0.3) is 6.08 Å². The van der Waals surface area contributed by atoms with E-state index < -0.39 is 6.61 Å². The lowest BCUT2D eigenvalue weighted by Crippen LogP contribution is -2.06. The highest BCUT2D eigenvalue weighted by Crippen LogP contribution is 2.30. The first kappa shape index (κ1) is 21.2. The van der Waals surface area contributed by atoms with Crippen LogP contribution in [0.5, 0.6) is 11.5 Å². The molecule has 0 radical (unpaired) electrons. The predicted molar refractivity (Wildman–Crippen MR) is 102 cm³/mol. The van der Waals surface area contributed by atoms with E-state index in [1.165, 1.54) is 31.4 Å². The number of benzene rings is 1. The first-order valence-corrected chi connectivity index (χ1v) is 8.78. The van der Waals surface area contributed by atoms with Gasteiger partial charge in [-0.3, -0.25) is 4.79 Å².